The molecule has 1 saturated heterocycles. The molecule has 1 aromatic carbocycles. The van der Waals surface area contributed by atoms with Crippen LogP contribution in [0.1, 0.15) is 19.3 Å². The van der Waals surface area contributed by atoms with Gasteiger partial charge in [-0.3, -0.25) is 4.79 Å². The molecule has 18 heavy (non-hydrogen) atoms. The summed E-state index contributed by atoms with van der Waals surface area (Å²) in [4.78, 5) is 14.1. The number of carbonyl (C=O) groups is 1. The largest absolute Gasteiger partial charge is 0.326 e. The van der Waals surface area contributed by atoms with E-state index in [0.717, 1.165) is 19.4 Å². The number of benzene rings is 1. The summed E-state index contributed by atoms with van der Waals surface area (Å²) in [6.45, 7) is 1.07. The number of halogens is 2. The highest BCUT2D eigenvalue weighted by atomic mass is 35.5. The maximum absolute atomic E-state index is 11.9. The highest BCUT2D eigenvalue weighted by molar-refractivity contribution is 6.35. The smallest absolute Gasteiger partial charge is 0.225 e. The molecule has 1 aromatic rings. The fourth-order valence-electron chi connectivity index (χ4n) is 2.29. The lowest BCUT2D eigenvalue weighted by Gasteiger charge is -2.18. The van der Waals surface area contributed by atoms with Crippen molar-refractivity contribution in [1.82, 2.24) is 4.90 Å². The number of carbonyl (C=O) groups excluding carboxylic acids is 1. The monoisotopic (exact) mass is 286 g/mol. The van der Waals surface area contributed by atoms with E-state index in [4.69, 9.17) is 23.2 Å². The molecule has 1 N–H and O–H groups in total. The summed E-state index contributed by atoms with van der Waals surface area (Å²) in [7, 11) is 2.06. The first-order valence-corrected chi connectivity index (χ1v) is 6.76. The Morgan fingerprint density at radius 1 is 1.39 bits per heavy atom. The van der Waals surface area contributed by atoms with Crippen LogP contribution in [0.5, 0.6) is 0 Å². The zero-order chi connectivity index (χ0) is 13.1. The lowest BCUT2D eigenvalue weighted by molar-refractivity contribution is -0.117. The molecule has 1 fully saturated rings. The zero-order valence-electron chi connectivity index (χ0n) is 10.2. The number of amides is 1. The number of rotatable bonds is 3. The Labute approximate surface area is 117 Å². The summed E-state index contributed by atoms with van der Waals surface area (Å²) in [6.07, 6.45) is 2.76. The number of hydrogen-bond donors (Lipinski definition) is 1. The van der Waals surface area contributed by atoms with Crippen molar-refractivity contribution in [3.63, 3.8) is 0 Å². The SMILES string of the molecule is CN1CCCC1CC(=O)Nc1cc(Cl)cc(Cl)c1. The topological polar surface area (TPSA) is 32.3 Å². The summed E-state index contributed by atoms with van der Waals surface area (Å²) in [5.41, 5.74) is 0.651. The molecule has 1 heterocycles. The van der Waals surface area contributed by atoms with Crippen LogP contribution < -0.4 is 5.32 Å². The Balaban J connectivity index is 1.94. The molecule has 1 atom stereocenters. The van der Waals surface area contributed by atoms with E-state index in [9.17, 15) is 4.79 Å². The molecule has 0 radical (unpaired) electrons. The Morgan fingerprint density at radius 2 is 2.06 bits per heavy atom. The second kappa shape index (κ2) is 5.91. The van der Waals surface area contributed by atoms with Crippen LogP contribution >= 0.6 is 23.2 Å². The molecule has 0 aliphatic carbocycles. The number of likely N-dealkylation sites (tertiary alicyclic amines) is 1. The Bertz CT molecular complexity index is 430. The van der Waals surface area contributed by atoms with Crippen molar-refractivity contribution in [3.05, 3.63) is 28.2 Å². The van der Waals surface area contributed by atoms with Gasteiger partial charge in [-0.2, -0.15) is 0 Å². The van der Waals surface area contributed by atoms with Crippen LogP contribution in [0.25, 0.3) is 0 Å². The van der Waals surface area contributed by atoms with Crippen molar-refractivity contribution in [1.29, 1.82) is 0 Å². The van der Waals surface area contributed by atoms with Gasteiger partial charge in [-0.05, 0) is 44.6 Å². The van der Waals surface area contributed by atoms with Gasteiger partial charge < -0.3 is 10.2 Å². The molecule has 98 valence electrons. The first-order chi connectivity index (χ1) is 8.54. The van der Waals surface area contributed by atoms with Gasteiger partial charge in [0.05, 0.1) is 0 Å². The molecule has 0 spiro atoms. The van der Waals surface area contributed by atoms with Crippen LogP contribution in [0.3, 0.4) is 0 Å². The van der Waals surface area contributed by atoms with Crippen molar-refractivity contribution in [2.45, 2.75) is 25.3 Å². The second-order valence-electron chi connectivity index (χ2n) is 4.69. The van der Waals surface area contributed by atoms with Gasteiger partial charge in [0.2, 0.25) is 5.91 Å². The summed E-state index contributed by atoms with van der Waals surface area (Å²) >= 11 is 11.8. The molecule has 0 aromatic heterocycles. The van der Waals surface area contributed by atoms with Crippen LogP contribution in [0.4, 0.5) is 5.69 Å². The van der Waals surface area contributed by atoms with Crippen molar-refractivity contribution >= 4 is 34.8 Å². The van der Waals surface area contributed by atoms with Crippen LogP contribution in [0.2, 0.25) is 10.0 Å². The summed E-state index contributed by atoms with van der Waals surface area (Å²) < 4.78 is 0. The molecule has 1 aliphatic heterocycles. The molecule has 1 amide bonds. The van der Waals surface area contributed by atoms with Gasteiger partial charge in [-0.15, -0.1) is 0 Å². The van der Waals surface area contributed by atoms with E-state index in [2.05, 4.69) is 17.3 Å². The number of anilines is 1. The fourth-order valence-corrected chi connectivity index (χ4v) is 2.82. The minimum absolute atomic E-state index is 0.00656. The fraction of sp³-hybridized carbons (Fsp3) is 0.462. The molecule has 2 rings (SSSR count). The third-order valence-corrected chi connectivity index (χ3v) is 3.68. The van der Waals surface area contributed by atoms with E-state index in [0.29, 0.717) is 28.2 Å². The highest BCUT2D eigenvalue weighted by Gasteiger charge is 2.23. The second-order valence-corrected chi connectivity index (χ2v) is 5.56. The van der Waals surface area contributed by atoms with Crippen LogP contribution in [-0.2, 0) is 4.79 Å². The van der Waals surface area contributed by atoms with Crippen LogP contribution in [0, 0.1) is 0 Å². The maximum Gasteiger partial charge on any atom is 0.225 e. The molecular weight excluding hydrogens is 271 g/mol. The van der Waals surface area contributed by atoms with Crippen molar-refractivity contribution in [2.75, 3.05) is 18.9 Å². The summed E-state index contributed by atoms with van der Waals surface area (Å²) in [5.74, 6) is 0.00656. The normalized spacial score (nSPS) is 20.1. The third kappa shape index (κ3) is 3.61. The summed E-state index contributed by atoms with van der Waals surface area (Å²) in [5, 5.41) is 3.88. The minimum atomic E-state index is 0.00656. The lowest BCUT2D eigenvalue weighted by Crippen LogP contribution is -2.29. The van der Waals surface area contributed by atoms with Gasteiger partial charge in [0.15, 0.2) is 0 Å². The molecule has 0 bridgehead atoms. The van der Waals surface area contributed by atoms with Gasteiger partial charge >= 0.3 is 0 Å². The predicted octanol–water partition coefficient (Wildman–Crippen LogP) is 3.42. The van der Waals surface area contributed by atoms with Crippen molar-refractivity contribution in [2.24, 2.45) is 0 Å². The van der Waals surface area contributed by atoms with E-state index in [1.54, 1.807) is 18.2 Å². The van der Waals surface area contributed by atoms with E-state index < -0.39 is 0 Å². The standard InChI is InChI=1S/C13H16Cl2N2O/c1-17-4-2-3-12(17)8-13(18)16-11-6-9(14)5-10(15)7-11/h5-7,12H,2-4,8H2,1H3,(H,16,18). The first-order valence-electron chi connectivity index (χ1n) is 6.01. The van der Waals surface area contributed by atoms with Crippen LogP contribution in [0.15, 0.2) is 18.2 Å². The van der Waals surface area contributed by atoms with E-state index >= 15 is 0 Å². The average Bonchev–Trinajstić information content (AvgIpc) is 2.62. The third-order valence-electron chi connectivity index (χ3n) is 3.24. The molecule has 5 heteroatoms. The number of hydrogen-bond acceptors (Lipinski definition) is 2. The molecule has 0 saturated carbocycles. The molecule has 1 aliphatic rings. The first kappa shape index (κ1) is 13.7. The van der Waals surface area contributed by atoms with Gasteiger partial charge in [-0.1, -0.05) is 23.2 Å². The maximum atomic E-state index is 11.9. The average molecular weight is 287 g/mol. The Morgan fingerprint density at radius 3 is 2.61 bits per heavy atom. The Kier molecular flexibility index (Phi) is 4.49. The van der Waals surface area contributed by atoms with E-state index in [1.807, 2.05) is 0 Å². The van der Waals surface area contributed by atoms with Crippen molar-refractivity contribution < 1.29 is 4.79 Å². The Hall–Kier alpha value is -0.770. The lowest BCUT2D eigenvalue weighted by atomic mass is 10.1. The van der Waals surface area contributed by atoms with Gasteiger partial charge in [-0.25, -0.2) is 0 Å². The quantitative estimate of drug-likeness (QED) is 0.924. The van der Waals surface area contributed by atoms with Crippen molar-refractivity contribution in [3.8, 4) is 0 Å². The molecule has 1 unspecified atom stereocenters. The molecule has 3 nitrogen and oxygen atoms in total. The van der Waals surface area contributed by atoms with Gasteiger partial charge in [0.1, 0.15) is 0 Å². The van der Waals surface area contributed by atoms with Gasteiger partial charge in [0.25, 0.3) is 0 Å². The van der Waals surface area contributed by atoms with Gasteiger partial charge in [0, 0.05) is 28.2 Å². The minimum Gasteiger partial charge on any atom is -0.326 e. The zero-order valence-corrected chi connectivity index (χ0v) is 11.8. The predicted molar refractivity (Wildman–Crippen MR) is 75.4 cm³/mol. The number of nitrogens with one attached hydrogen (secondary N) is 1. The van der Waals surface area contributed by atoms with E-state index in [1.165, 1.54) is 0 Å². The summed E-state index contributed by atoms with van der Waals surface area (Å²) in [6, 6.07) is 5.39. The highest BCUT2D eigenvalue weighted by Crippen LogP contribution is 2.23. The van der Waals surface area contributed by atoms with Crippen LogP contribution in [-0.4, -0.2) is 30.4 Å². The number of nitrogens with zero attached hydrogens (tertiary/aromatic N) is 1. The molecular formula is C13H16Cl2N2O. The van der Waals surface area contributed by atoms with E-state index in [-0.39, 0.29) is 5.91 Å².